The average molecular weight is 433 g/mol. The van der Waals surface area contributed by atoms with Crippen LogP contribution in [0.2, 0.25) is 10.0 Å². The highest BCUT2D eigenvalue weighted by molar-refractivity contribution is 6.38. The molecule has 0 saturated carbocycles. The van der Waals surface area contributed by atoms with Crippen molar-refractivity contribution < 1.29 is 14.3 Å². The first-order valence-electron chi connectivity index (χ1n) is 9.51. The molecular formula is C22H22Cl2N2O3. The third-order valence-electron chi connectivity index (χ3n) is 5.44. The summed E-state index contributed by atoms with van der Waals surface area (Å²) in [4.78, 5) is 13.0. The van der Waals surface area contributed by atoms with E-state index in [9.17, 15) is 4.79 Å². The molecule has 1 amide bonds. The maximum absolute atomic E-state index is 13.0. The van der Waals surface area contributed by atoms with Crippen LogP contribution in [0.5, 0.6) is 5.75 Å². The van der Waals surface area contributed by atoms with E-state index in [1.165, 1.54) is 0 Å². The van der Waals surface area contributed by atoms with Gasteiger partial charge in [0, 0.05) is 10.6 Å². The van der Waals surface area contributed by atoms with E-state index in [0.717, 1.165) is 37.2 Å². The minimum Gasteiger partial charge on any atom is -0.497 e. The fraction of sp³-hybridized carbons (Fsp3) is 0.318. The predicted octanol–water partition coefficient (Wildman–Crippen LogP) is 4.18. The standard InChI is InChI=1S/C22H22Cl2N2O3/c1-28-16-5-2-14(3-6-16)13-29-20-19(17-7-4-15(23)12-18(17)24)21(27)26-22(20)8-10-25-11-9-22/h2-7,12,25H,8-11,13H2,1H3,(H,26,27). The third-order valence-corrected chi connectivity index (χ3v) is 5.99. The van der Waals surface area contributed by atoms with E-state index >= 15 is 0 Å². The number of carbonyl (C=O) groups is 1. The largest absolute Gasteiger partial charge is 0.497 e. The highest BCUT2D eigenvalue weighted by Gasteiger charge is 2.48. The molecule has 2 heterocycles. The molecule has 2 aliphatic heterocycles. The summed E-state index contributed by atoms with van der Waals surface area (Å²) in [6.45, 7) is 1.95. The van der Waals surface area contributed by atoms with E-state index in [0.29, 0.717) is 33.5 Å². The zero-order valence-electron chi connectivity index (χ0n) is 16.1. The molecule has 2 aliphatic rings. The minimum atomic E-state index is -0.521. The zero-order chi connectivity index (χ0) is 20.4. The van der Waals surface area contributed by atoms with Crippen LogP contribution in [0.15, 0.2) is 48.2 Å². The van der Waals surface area contributed by atoms with Crippen molar-refractivity contribution in [1.29, 1.82) is 0 Å². The predicted molar refractivity (Wildman–Crippen MR) is 114 cm³/mol. The van der Waals surface area contributed by atoms with E-state index in [2.05, 4.69) is 10.6 Å². The molecule has 0 radical (unpaired) electrons. The number of nitrogens with one attached hydrogen (secondary N) is 2. The first-order valence-corrected chi connectivity index (χ1v) is 10.3. The van der Waals surface area contributed by atoms with Crippen LogP contribution < -0.4 is 15.4 Å². The molecule has 0 aromatic heterocycles. The summed E-state index contributed by atoms with van der Waals surface area (Å²) in [6, 6.07) is 12.8. The highest BCUT2D eigenvalue weighted by atomic mass is 35.5. The number of rotatable bonds is 5. The molecular weight excluding hydrogens is 411 g/mol. The lowest BCUT2D eigenvalue weighted by molar-refractivity contribution is -0.116. The van der Waals surface area contributed by atoms with Crippen LogP contribution in [-0.2, 0) is 16.1 Å². The van der Waals surface area contributed by atoms with Gasteiger partial charge >= 0.3 is 0 Å². The van der Waals surface area contributed by atoms with E-state index in [4.69, 9.17) is 32.7 Å². The van der Waals surface area contributed by atoms with Crippen molar-refractivity contribution in [3.05, 3.63) is 69.4 Å². The first-order chi connectivity index (χ1) is 14.0. The molecule has 1 saturated heterocycles. The van der Waals surface area contributed by atoms with Crippen LogP contribution >= 0.6 is 23.2 Å². The summed E-state index contributed by atoms with van der Waals surface area (Å²) in [7, 11) is 1.63. The Labute approximate surface area is 180 Å². The lowest BCUT2D eigenvalue weighted by Gasteiger charge is -2.36. The second kappa shape index (κ2) is 8.27. The number of halogens is 2. The van der Waals surface area contributed by atoms with Gasteiger partial charge in [-0.3, -0.25) is 4.79 Å². The summed E-state index contributed by atoms with van der Waals surface area (Å²) in [5, 5.41) is 7.47. The van der Waals surface area contributed by atoms with Gasteiger partial charge in [0.2, 0.25) is 0 Å². The number of hydrogen-bond acceptors (Lipinski definition) is 4. The minimum absolute atomic E-state index is 0.166. The van der Waals surface area contributed by atoms with Gasteiger partial charge in [0.05, 0.1) is 17.7 Å². The summed E-state index contributed by atoms with van der Waals surface area (Å²) >= 11 is 12.5. The molecule has 7 heteroatoms. The maximum Gasteiger partial charge on any atom is 0.256 e. The number of piperidine rings is 1. The van der Waals surface area contributed by atoms with Crippen molar-refractivity contribution >= 4 is 34.7 Å². The number of benzene rings is 2. The van der Waals surface area contributed by atoms with Gasteiger partial charge < -0.3 is 20.1 Å². The quantitative estimate of drug-likeness (QED) is 0.743. The van der Waals surface area contributed by atoms with Gasteiger partial charge in [-0.1, -0.05) is 41.4 Å². The molecule has 5 nitrogen and oxygen atoms in total. The Morgan fingerprint density at radius 2 is 1.79 bits per heavy atom. The molecule has 0 atom stereocenters. The number of amides is 1. The molecule has 4 rings (SSSR count). The zero-order valence-corrected chi connectivity index (χ0v) is 17.6. The third kappa shape index (κ3) is 3.95. The number of hydrogen-bond donors (Lipinski definition) is 2. The number of ether oxygens (including phenoxy) is 2. The Bertz CT molecular complexity index is 951. The van der Waals surface area contributed by atoms with Gasteiger partial charge in [0.15, 0.2) is 0 Å². The summed E-state index contributed by atoms with van der Waals surface area (Å²) in [5.41, 5.74) is 1.59. The van der Waals surface area contributed by atoms with Crippen molar-refractivity contribution in [3.8, 4) is 5.75 Å². The summed E-state index contributed by atoms with van der Waals surface area (Å²) < 4.78 is 11.5. The Balaban J connectivity index is 1.72. The summed E-state index contributed by atoms with van der Waals surface area (Å²) in [5.74, 6) is 1.28. The number of methoxy groups -OCH3 is 1. The molecule has 0 unspecified atom stereocenters. The van der Waals surface area contributed by atoms with Gasteiger partial charge in [-0.2, -0.15) is 0 Å². The second-order valence-electron chi connectivity index (χ2n) is 7.25. The van der Waals surface area contributed by atoms with Gasteiger partial charge in [-0.05, 0) is 55.8 Å². The fourth-order valence-electron chi connectivity index (χ4n) is 3.91. The second-order valence-corrected chi connectivity index (χ2v) is 8.09. The monoisotopic (exact) mass is 432 g/mol. The van der Waals surface area contributed by atoms with Crippen molar-refractivity contribution in [2.45, 2.75) is 25.0 Å². The maximum atomic E-state index is 13.0. The van der Waals surface area contributed by atoms with E-state index in [1.54, 1.807) is 25.3 Å². The van der Waals surface area contributed by atoms with Crippen molar-refractivity contribution in [2.24, 2.45) is 0 Å². The van der Waals surface area contributed by atoms with Crippen LogP contribution in [0, 0.1) is 0 Å². The number of carbonyl (C=O) groups excluding carboxylic acids is 1. The normalized spacial score (nSPS) is 18.1. The Morgan fingerprint density at radius 3 is 2.45 bits per heavy atom. The fourth-order valence-corrected chi connectivity index (χ4v) is 4.41. The summed E-state index contributed by atoms with van der Waals surface area (Å²) in [6.07, 6.45) is 1.51. The highest BCUT2D eigenvalue weighted by Crippen LogP contribution is 2.42. The molecule has 2 aromatic rings. The van der Waals surface area contributed by atoms with Crippen LogP contribution in [0.25, 0.3) is 5.57 Å². The van der Waals surface area contributed by atoms with E-state index < -0.39 is 5.54 Å². The van der Waals surface area contributed by atoms with Crippen LogP contribution in [-0.4, -0.2) is 31.6 Å². The molecule has 152 valence electrons. The molecule has 29 heavy (non-hydrogen) atoms. The molecule has 1 fully saturated rings. The van der Waals surface area contributed by atoms with Crippen LogP contribution in [0.1, 0.15) is 24.0 Å². The Kier molecular flexibility index (Phi) is 5.72. The van der Waals surface area contributed by atoms with Gasteiger partial charge in [0.25, 0.3) is 5.91 Å². The molecule has 2 N–H and O–H groups in total. The van der Waals surface area contributed by atoms with Crippen molar-refractivity contribution in [1.82, 2.24) is 10.6 Å². The van der Waals surface area contributed by atoms with Crippen molar-refractivity contribution in [3.63, 3.8) is 0 Å². The lowest BCUT2D eigenvalue weighted by atomic mass is 9.86. The first kappa shape index (κ1) is 20.1. The lowest BCUT2D eigenvalue weighted by Crippen LogP contribution is -2.52. The molecule has 0 aliphatic carbocycles. The molecule has 0 bridgehead atoms. The van der Waals surface area contributed by atoms with Gasteiger partial charge in [-0.25, -0.2) is 0 Å². The van der Waals surface area contributed by atoms with Crippen LogP contribution in [0.4, 0.5) is 0 Å². The van der Waals surface area contributed by atoms with Crippen molar-refractivity contribution in [2.75, 3.05) is 20.2 Å². The smallest absolute Gasteiger partial charge is 0.256 e. The van der Waals surface area contributed by atoms with Crippen LogP contribution in [0.3, 0.4) is 0 Å². The SMILES string of the molecule is COc1ccc(COC2=C(c3ccc(Cl)cc3Cl)C(=O)NC23CCNCC3)cc1. The Morgan fingerprint density at radius 1 is 1.07 bits per heavy atom. The van der Waals surface area contributed by atoms with E-state index in [-0.39, 0.29) is 5.91 Å². The average Bonchev–Trinajstić information content (AvgIpc) is 2.98. The molecule has 1 spiro atoms. The van der Waals surface area contributed by atoms with E-state index in [1.807, 2.05) is 24.3 Å². The van der Waals surface area contributed by atoms with Gasteiger partial charge in [0.1, 0.15) is 23.7 Å². The topological polar surface area (TPSA) is 59.6 Å². The van der Waals surface area contributed by atoms with Gasteiger partial charge in [-0.15, -0.1) is 0 Å². The Hall–Kier alpha value is -2.21. The molecule has 2 aromatic carbocycles.